The van der Waals surface area contributed by atoms with Crippen LogP contribution in [-0.2, 0) is 9.59 Å². The molecule has 0 spiro atoms. The number of nitrogens with zero attached hydrogens (tertiary/aromatic N) is 1. The van der Waals surface area contributed by atoms with Gasteiger partial charge in [0.05, 0.1) is 11.0 Å². The third kappa shape index (κ3) is 6.33. The molecule has 3 N–H and O–H groups in total. The molecule has 0 saturated heterocycles. The van der Waals surface area contributed by atoms with Gasteiger partial charge in [-0.3, -0.25) is 14.5 Å². The number of carboxylic acid groups (broad SMARTS) is 2. The number of likely N-dealkylation sites (N-methyl/N-ethyl adjacent to an activating group) is 1. The number of nitrogens with one attached hydrogen (secondary N) is 1. The molecule has 5 aliphatic carbocycles. The van der Waals surface area contributed by atoms with Crippen LogP contribution >= 0.6 is 0 Å². The van der Waals surface area contributed by atoms with Crippen LogP contribution < -0.4 is 5.32 Å². The minimum Gasteiger partial charge on any atom is -0.481 e. The molecule has 1 amide bonds. The quantitative estimate of drug-likeness (QED) is 0.185. The van der Waals surface area contributed by atoms with Crippen LogP contribution in [-0.4, -0.2) is 58.6 Å². The van der Waals surface area contributed by atoms with Crippen molar-refractivity contribution in [2.45, 2.75) is 132 Å². The first-order valence-electron chi connectivity index (χ1n) is 20.8. The number of benzene rings is 1. The molecule has 10 atom stereocenters. The Kier molecular flexibility index (Phi) is 10.7. The summed E-state index contributed by atoms with van der Waals surface area (Å²) in [6, 6.07) is 7.65. The summed E-state index contributed by atoms with van der Waals surface area (Å²) in [5.74, 6) is 0.868. The average molecular weight is 729 g/mol. The van der Waals surface area contributed by atoms with E-state index in [-0.39, 0.29) is 45.4 Å². The molecule has 292 valence electrons. The van der Waals surface area contributed by atoms with E-state index in [4.69, 9.17) is 5.11 Å². The fourth-order valence-electron chi connectivity index (χ4n) is 14.1. The van der Waals surface area contributed by atoms with E-state index < -0.39 is 11.9 Å². The summed E-state index contributed by atoms with van der Waals surface area (Å²) in [5.41, 5.74) is 4.15. The Hall–Kier alpha value is -2.93. The van der Waals surface area contributed by atoms with Gasteiger partial charge >= 0.3 is 11.9 Å². The van der Waals surface area contributed by atoms with Gasteiger partial charge in [0.25, 0.3) is 0 Å². The third-order valence-corrected chi connectivity index (χ3v) is 17.0. The first-order valence-corrected chi connectivity index (χ1v) is 20.8. The molecule has 6 rings (SSSR count). The second-order valence-corrected chi connectivity index (χ2v) is 19.5. The number of carbonyl (C=O) groups is 3. The number of amides is 1. The summed E-state index contributed by atoms with van der Waals surface area (Å²) < 4.78 is 0. The number of carbonyl (C=O) groups excluding carboxylic acids is 1. The van der Waals surface area contributed by atoms with Crippen molar-refractivity contribution < 1.29 is 24.6 Å². The largest absolute Gasteiger partial charge is 0.481 e. The number of fused-ring (bicyclic) bond motifs is 7. The van der Waals surface area contributed by atoms with E-state index in [9.17, 15) is 19.5 Å². The van der Waals surface area contributed by atoms with Crippen molar-refractivity contribution in [1.82, 2.24) is 10.2 Å². The maximum Gasteiger partial charge on any atom is 0.335 e. The Balaban J connectivity index is 1.25. The van der Waals surface area contributed by atoms with Crippen molar-refractivity contribution in [3.63, 3.8) is 0 Å². The number of hydrogen-bond acceptors (Lipinski definition) is 4. The summed E-state index contributed by atoms with van der Waals surface area (Å²) in [6.07, 6.45) is 13.1. The normalized spacial score (nSPS) is 37.7. The molecule has 1 aromatic rings. The minimum atomic E-state index is -0.885. The van der Waals surface area contributed by atoms with Crippen LogP contribution in [0.2, 0.25) is 0 Å². The molecule has 7 nitrogen and oxygen atoms in total. The summed E-state index contributed by atoms with van der Waals surface area (Å²) in [6.45, 7) is 25.9. The SMILES string of the molecule is C=C(C)[C@@H]1CC[C@]2(C(=O)NCC(C)N(CC)CCCC(=O)O)CC[C@]3(C)[C@H](CC[C@@H]4[C@@]5(C)CC=C(c6ccc(C(=O)O)cc6)C(C)(C)[C@@H]5CC[C@]43C)[C@@H]12. The lowest BCUT2D eigenvalue weighted by atomic mass is 9.32. The molecule has 1 unspecified atom stereocenters. The van der Waals surface area contributed by atoms with Gasteiger partial charge in [-0.05, 0) is 166 Å². The summed E-state index contributed by atoms with van der Waals surface area (Å²) in [5, 5.41) is 22.1. The zero-order valence-electron chi connectivity index (χ0n) is 34.0. The van der Waals surface area contributed by atoms with Gasteiger partial charge in [-0.2, -0.15) is 0 Å². The van der Waals surface area contributed by atoms with E-state index in [1.165, 1.54) is 36.8 Å². The lowest BCUT2D eigenvalue weighted by Gasteiger charge is -2.72. The van der Waals surface area contributed by atoms with E-state index in [0.29, 0.717) is 48.1 Å². The molecule has 0 heterocycles. The van der Waals surface area contributed by atoms with E-state index in [2.05, 4.69) is 78.3 Å². The van der Waals surface area contributed by atoms with Crippen LogP contribution in [0.25, 0.3) is 5.57 Å². The van der Waals surface area contributed by atoms with Gasteiger partial charge in [-0.25, -0.2) is 4.79 Å². The molecule has 4 fully saturated rings. The van der Waals surface area contributed by atoms with E-state index >= 15 is 0 Å². The van der Waals surface area contributed by atoms with Crippen LogP contribution in [0.1, 0.15) is 142 Å². The average Bonchev–Trinajstić information content (AvgIpc) is 3.50. The summed E-state index contributed by atoms with van der Waals surface area (Å²) in [7, 11) is 0. The smallest absolute Gasteiger partial charge is 0.335 e. The van der Waals surface area contributed by atoms with Crippen molar-refractivity contribution >= 4 is 23.4 Å². The molecule has 0 aromatic heterocycles. The molecule has 1 aromatic carbocycles. The van der Waals surface area contributed by atoms with E-state index in [1.54, 1.807) is 12.1 Å². The zero-order chi connectivity index (χ0) is 38.7. The van der Waals surface area contributed by atoms with Crippen LogP contribution in [0.3, 0.4) is 0 Å². The van der Waals surface area contributed by atoms with Gasteiger partial charge in [-0.15, -0.1) is 0 Å². The first-order chi connectivity index (χ1) is 24.9. The van der Waals surface area contributed by atoms with Crippen molar-refractivity contribution in [3.05, 3.63) is 53.6 Å². The Morgan fingerprint density at radius 3 is 2.25 bits per heavy atom. The number of carboxylic acids is 2. The summed E-state index contributed by atoms with van der Waals surface area (Å²) in [4.78, 5) is 39.7. The molecule has 5 aliphatic rings. The predicted octanol–water partition coefficient (Wildman–Crippen LogP) is 9.73. The highest BCUT2D eigenvalue weighted by atomic mass is 16.4. The minimum absolute atomic E-state index is 0.0338. The zero-order valence-corrected chi connectivity index (χ0v) is 34.0. The number of rotatable bonds is 12. The van der Waals surface area contributed by atoms with Crippen LogP contribution in [0.5, 0.6) is 0 Å². The van der Waals surface area contributed by atoms with E-state index in [1.807, 2.05) is 12.1 Å². The van der Waals surface area contributed by atoms with Gasteiger partial charge in [0.2, 0.25) is 5.91 Å². The number of allylic oxidation sites excluding steroid dienone is 3. The maximum absolute atomic E-state index is 14.7. The highest BCUT2D eigenvalue weighted by molar-refractivity contribution is 5.88. The monoisotopic (exact) mass is 729 g/mol. The van der Waals surface area contributed by atoms with Crippen LogP contribution in [0, 0.1) is 56.7 Å². The molecule has 0 bridgehead atoms. The van der Waals surface area contributed by atoms with Gasteiger partial charge in [0.1, 0.15) is 0 Å². The highest BCUT2D eigenvalue weighted by Gasteiger charge is 2.71. The Labute approximate surface area is 319 Å². The Morgan fingerprint density at radius 2 is 1.62 bits per heavy atom. The number of aromatic carboxylic acids is 1. The summed E-state index contributed by atoms with van der Waals surface area (Å²) >= 11 is 0. The molecule has 0 aliphatic heterocycles. The second-order valence-electron chi connectivity index (χ2n) is 19.5. The third-order valence-electron chi connectivity index (χ3n) is 17.0. The van der Waals surface area contributed by atoms with Crippen molar-refractivity contribution in [3.8, 4) is 0 Å². The van der Waals surface area contributed by atoms with E-state index in [0.717, 1.165) is 50.8 Å². The lowest BCUT2D eigenvalue weighted by Crippen LogP contribution is -2.66. The van der Waals surface area contributed by atoms with Gasteiger partial charge in [0.15, 0.2) is 0 Å². The standard InChI is InChI=1S/C46H68N2O5/c1-10-48(27-11-12-38(49)50)30(4)28-47-41(53)46-24-19-33(29(2)3)39(46)35-17-18-37-43(7)22-20-34(31-13-15-32(16-14-31)40(51)52)42(5,6)36(43)21-23-45(37,9)44(35,8)25-26-46/h13-16,20,30,33,35-37,39H,2,10-12,17-19,21-28H2,1,3-9H3,(H,47,53)(H,49,50)(H,51,52)/t30?,33-,35+,36-,37+,39+,43-,44+,45+,46-/m0/s1. The lowest BCUT2D eigenvalue weighted by molar-refractivity contribution is -0.225. The topological polar surface area (TPSA) is 107 Å². The Morgan fingerprint density at radius 1 is 0.925 bits per heavy atom. The van der Waals surface area contributed by atoms with Crippen LogP contribution in [0.4, 0.5) is 0 Å². The predicted molar refractivity (Wildman–Crippen MR) is 212 cm³/mol. The van der Waals surface area contributed by atoms with Gasteiger partial charge < -0.3 is 15.5 Å². The van der Waals surface area contributed by atoms with Gasteiger partial charge in [0, 0.05) is 19.0 Å². The van der Waals surface area contributed by atoms with Crippen molar-refractivity contribution in [1.29, 1.82) is 0 Å². The molecule has 4 saturated carbocycles. The van der Waals surface area contributed by atoms with Crippen molar-refractivity contribution in [2.75, 3.05) is 19.6 Å². The number of aliphatic carboxylic acids is 1. The second kappa shape index (κ2) is 14.3. The van der Waals surface area contributed by atoms with Crippen molar-refractivity contribution in [2.24, 2.45) is 56.7 Å². The van der Waals surface area contributed by atoms with Crippen LogP contribution in [0.15, 0.2) is 42.5 Å². The molecule has 7 heteroatoms. The molecule has 53 heavy (non-hydrogen) atoms. The number of hydrogen-bond donors (Lipinski definition) is 3. The molecule has 0 radical (unpaired) electrons. The fourth-order valence-corrected chi connectivity index (χ4v) is 14.1. The van der Waals surface area contributed by atoms with Gasteiger partial charge in [-0.1, -0.05) is 71.9 Å². The Bertz CT molecular complexity index is 1630. The fraction of sp³-hybridized carbons (Fsp3) is 0.717. The molecular weight excluding hydrogens is 661 g/mol. The highest BCUT2D eigenvalue weighted by Crippen LogP contribution is 2.77. The first kappa shape index (κ1) is 39.8. The maximum atomic E-state index is 14.7. The molecular formula is C46H68N2O5.